The standard InChI is InChI=1S/C19H28ClN3O4S/c1-3-10-21-19(25)16-9-6-14(20)11-17(16)22-18(24)12-28(26,27)23-15-7-4-13(2)5-8-15/h6,9,11,13,15,23H,3-5,7-8,10,12H2,1-2H3,(H,21,25)(H,22,24). The summed E-state index contributed by atoms with van der Waals surface area (Å²) in [5, 5.41) is 5.56. The van der Waals surface area contributed by atoms with Crippen LogP contribution in [0.4, 0.5) is 5.69 Å². The van der Waals surface area contributed by atoms with Crippen LogP contribution < -0.4 is 15.4 Å². The number of anilines is 1. The minimum atomic E-state index is -3.77. The van der Waals surface area contributed by atoms with E-state index in [1.54, 1.807) is 6.07 Å². The Morgan fingerprint density at radius 2 is 1.86 bits per heavy atom. The van der Waals surface area contributed by atoms with Gasteiger partial charge in [0.1, 0.15) is 5.75 Å². The molecule has 1 aliphatic rings. The zero-order valence-corrected chi connectivity index (χ0v) is 17.8. The summed E-state index contributed by atoms with van der Waals surface area (Å²) < 4.78 is 27.3. The number of halogens is 1. The summed E-state index contributed by atoms with van der Waals surface area (Å²) in [4.78, 5) is 24.6. The van der Waals surface area contributed by atoms with Crippen molar-refractivity contribution in [1.82, 2.24) is 10.0 Å². The maximum Gasteiger partial charge on any atom is 0.253 e. The number of carbonyl (C=O) groups is 2. The highest BCUT2D eigenvalue weighted by Crippen LogP contribution is 2.24. The third-order valence-corrected chi connectivity index (χ3v) is 6.29. The first-order valence-electron chi connectivity index (χ1n) is 9.57. The normalized spacial score (nSPS) is 19.8. The second-order valence-electron chi connectivity index (χ2n) is 7.33. The van der Waals surface area contributed by atoms with Gasteiger partial charge in [0.15, 0.2) is 0 Å². The molecule has 0 heterocycles. The number of nitrogens with one attached hydrogen (secondary N) is 3. The van der Waals surface area contributed by atoms with E-state index in [9.17, 15) is 18.0 Å². The molecule has 2 amide bonds. The van der Waals surface area contributed by atoms with Crippen LogP contribution in [0.1, 0.15) is 56.3 Å². The Kier molecular flexibility index (Phi) is 8.27. The smallest absolute Gasteiger partial charge is 0.253 e. The van der Waals surface area contributed by atoms with Crippen molar-refractivity contribution in [2.75, 3.05) is 17.6 Å². The number of hydrogen-bond donors (Lipinski definition) is 3. The van der Waals surface area contributed by atoms with E-state index < -0.39 is 21.7 Å². The van der Waals surface area contributed by atoms with Gasteiger partial charge in [0.05, 0.1) is 11.3 Å². The minimum absolute atomic E-state index is 0.129. The topological polar surface area (TPSA) is 104 Å². The Labute approximate surface area is 171 Å². The van der Waals surface area contributed by atoms with Crippen molar-refractivity contribution in [3.8, 4) is 0 Å². The van der Waals surface area contributed by atoms with Gasteiger partial charge < -0.3 is 10.6 Å². The van der Waals surface area contributed by atoms with E-state index in [-0.39, 0.29) is 23.2 Å². The monoisotopic (exact) mass is 429 g/mol. The average Bonchev–Trinajstić information content (AvgIpc) is 2.61. The van der Waals surface area contributed by atoms with Crippen LogP contribution in [-0.2, 0) is 14.8 Å². The van der Waals surface area contributed by atoms with E-state index in [4.69, 9.17) is 11.6 Å². The van der Waals surface area contributed by atoms with Crippen molar-refractivity contribution in [2.24, 2.45) is 5.92 Å². The van der Waals surface area contributed by atoms with Crippen LogP contribution in [0.15, 0.2) is 18.2 Å². The molecule has 2 rings (SSSR count). The molecule has 156 valence electrons. The number of benzene rings is 1. The number of amides is 2. The summed E-state index contributed by atoms with van der Waals surface area (Å²) in [6, 6.07) is 4.35. The van der Waals surface area contributed by atoms with E-state index in [2.05, 4.69) is 22.3 Å². The van der Waals surface area contributed by atoms with Crippen LogP contribution in [0.5, 0.6) is 0 Å². The van der Waals surface area contributed by atoms with E-state index in [0.717, 1.165) is 32.1 Å². The second kappa shape index (κ2) is 10.2. The van der Waals surface area contributed by atoms with Gasteiger partial charge in [-0.05, 0) is 56.2 Å². The maximum absolute atomic E-state index is 12.3. The molecular weight excluding hydrogens is 402 g/mol. The largest absolute Gasteiger partial charge is 0.352 e. The minimum Gasteiger partial charge on any atom is -0.352 e. The highest BCUT2D eigenvalue weighted by atomic mass is 35.5. The molecule has 28 heavy (non-hydrogen) atoms. The van der Waals surface area contributed by atoms with Crippen molar-refractivity contribution >= 4 is 39.1 Å². The first-order chi connectivity index (χ1) is 13.2. The first-order valence-corrected chi connectivity index (χ1v) is 11.6. The molecule has 9 heteroatoms. The van der Waals surface area contributed by atoms with Gasteiger partial charge in [-0.25, -0.2) is 13.1 Å². The molecule has 1 aliphatic carbocycles. The molecule has 0 saturated heterocycles. The van der Waals surface area contributed by atoms with Crippen molar-refractivity contribution in [3.05, 3.63) is 28.8 Å². The van der Waals surface area contributed by atoms with Gasteiger partial charge in [-0.3, -0.25) is 9.59 Å². The summed E-state index contributed by atoms with van der Waals surface area (Å²) in [5.41, 5.74) is 0.422. The Morgan fingerprint density at radius 1 is 1.18 bits per heavy atom. The molecule has 0 aliphatic heterocycles. The number of carbonyl (C=O) groups excluding carboxylic acids is 2. The van der Waals surface area contributed by atoms with E-state index >= 15 is 0 Å². The fourth-order valence-corrected chi connectivity index (χ4v) is 4.60. The van der Waals surface area contributed by atoms with E-state index in [1.165, 1.54) is 12.1 Å². The third-order valence-electron chi connectivity index (χ3n) is 4.72. The van der Waals surface area contributed by atoms with Gasteiger partial charge >= 0.3 is 0 Å². The molecule has 0 bridgehead atoms. The van der Waals surface area contributed by atoms with Crippen molar-refractivity contribution in [2.45, 2.75) is 52.0 Å². The average molecular weight is 430 g/mol. The van der Waals surface area contributed by atoms with Crippen LogP contribution in [0.3, 0.4) is 0 Å². The van der Waals surface area contributed by atoms with Gasteiger partial charge in [0, 0.05) is 17.6 Å². The van der Waals surface area contributed by atoms with Gasteiger partial charge in [-0.15, -0.1) is 0 Å². The Balaban J connectivity index is 2.01. The molecule has 0 atom stereocenters. The number of hydrogen-bond acceptors (Lipinski definition) is 4. The number of sulfonamides is 1. The van der Waals surface area contributed by atoms with E-state index in [0.29, 0.717) is 17.5 Å². The summed E-state index contributed by atoms with van der Waals surface area (Å²) in [6.45, 7) is 4.57. The fraction of sp³-hybridized carbons (Fsp3) is 0.579. The molecule has 0 radical (unpaired) electrons. The molecule has 1 aromatic rings. The summed E-state index contributed by atoms with van der Waals surface area (Å²) in [5.74, 6) is -1.18. The fourth-order valence-electron chi connectivity index (χ4n) is 3.18. The van der Waals surface area contributed by atoms with Crippen LogP contribution in [0.2, 0.25) is 5.02 Å². The molecule has 0 spiro atoms. The van der Waals surface area contributed by atoms with E-state index in [1.807, 2.05) is 6.92 Å². The SMILES string of the molecule is CCCNC(=O)c1ccc(Cl)cc1NC(=O)CS(=O)(=O)NC1CCC(C)CC1. The maximum atomic E-state index is 12.3. The van der Waals surface area contributed by atoms with Gasteiger partial charge in [0.25, 0.3) is 5.91 Å². The highest BCUT2D eigenvalue weighted by Gasteiger charge is 2.25. The lowest BCUT2D eigenvalue weighted by Crippen LogP contribution is -2.41. The van der Waals surface area contributed by atoms with Crippen molar-refractivity contribution in [1.29, 1.82) is 0 Å². The number of rotatable bonds is 8. The Hall–Kier alpha value is -1.64. The highest BCUT2D eigenvalue weighted by molar-refractivity contribution is 7.90. The zero-order valence-electron chi connectivity index (χ0n) is 16.3. The molecule has 0 unspecified atom stereocenters. The molecule has 1 saturated carbocycles. The quantitative estimate of drug-likeness (QED) is 0.590. The van der Waals surface area contributed by atoms with Crippen molar-refractivity contribution < 1.29 is 18.0 Å². The predicted molar refractivity (Wildman–Crippen MR) is 111 cm³/mol. The summed E-state index contributed by atoms with van der Waals surface area (Å²) in [6.07, 6.45) is 4.26. The molecule has 3 N–H and O–H groups in total. The zero-order chi connectivity index (χ0) is 20.7. The van der Waals surface area contributed by atoms with Gasteiger partial charge in [-0.2, -0.15) is 0 Å². The predicted octanol–water partition coefficient (Wildman–Crippen LogP) is 2.92. The molecule has 7 nitrogen and oxygen atoms in total. The molecular formula is C19H28ClN3O4S. The van der Waals surface area contributed by atoms with Crippen LogP contribution in [0, 0.1) is 5.92 Å². The Bertz CT molecular complexity index is 805. The second-order valence-corrected chi connectivity index (χ2v) is 9.52. The first kappa shape index (κ1) is 22.6. The third kappa shape index (κ3) is 7.07. The van der Waals surface area contributed by atoms with Crippen molar-refractivity contribution in [3.63, 3.8) is 0 Å². The molecule has 1 aromatic carbocycles. The van der Waals surface area contributed by atoms with Gasteiger partial charge in [-0.1, -0.05) is 25.4 Å². The van der Waals surface area contributed by atoms with Crippen LogP contribution in [-0.4, -0.2) is 38.6 Å². The summed E-state index contributed by atoms with van der Waals surface area (Å²) in [7, 11) is -3.77. The lowest BCUT2D eigenvalue weighted by molar-refractivity contribution is -0.113. The lowest BCUT2D eigenvalue weighted by Gasteiger charge is -2.26. The molecule has 1 fully saturated rings. The van der Waals surface area contributed by atoms with Crippen LogP contribution in [0.25, 0.3) is 0 Å². The Morgan fingerprint density at radius 3 is 2.50 bits per heavy atom. The summed E-state index contributed by atoms with van der Waals surface area (Å²) >= 11 is 5.97. The lowest BCUT2D eigenvalue weighted by atomic mass is 9.88. The van der Waals surface area contributed by atoms with Gasteiger partial charge in [0.2, 0.25) is 15.9 Å². The molecule has 0 aromatic heterocycles. The van der Waals surface area contributed by atoms with Crippen LogP contribution >= 0.6 is 11.6 Å².